The number of aromatic amines is 1. The third-order valence-corrected chi connectivity index (χ3v) is 5.83. The van der Waals surface area contributed by atoms with Crippen molar-refractivity contribution < 1.29 is 14.3 Å². The maximum Gasteiger partial charge on any atom is 0.235 e. The van der Waals surface area contributed by atoms with Gasteiger partial charge in [-0.05, 0) is 37.3 Å². The number of aromatic nitrogens is 1. The molecule has 2 aliphatic carbocycles. The average molecular weight is 326 g/mol. The Morgan fingerprint density at radius 3 is 2.79 bits per heavy atom. The zero-order chi connectivity index (χ0) is 17.0. The molecule has 3 aliphatic rings. The van der Waals surface area contributed by atoms with Gasteiger partial charge in [0, 0.05) is 22.2 Å². The van der Waals surface area contributed by atoms with Gasteiger partial charge >= 0.3 is 0 Å². The van der Waals surface area contributed by atoms with E-state index in [1.807, 2.05) is 19.1 Å². The number of methoxy groups -OCH3 is 1. The molecule has 5 heteroatoms. The Morgan fingerprint density at radius 2 is 2.08 bits per heavy atom. The smallest absolute Gasteiger partial charge is 0.235 e. The summed E-state index contributed by atoms with van der Waals surface area (Å²) in [6, 6.07) is 0. The van der Waals surface area contributed by atoms with Crippen molar-refractivity contribution in [2.24, 2.45) is 11.8 Å². The molecule has 24 heavy (non-hydrogen) atoms. The standard InChI is InChI=1S/C19H22N2O3/c1-4-6-12(24-3)13-9(2)20-17-11-8-5-7-10(11)14-16(15(13)17)19(23)21-18(14)22/h4,6,10-11,14,16,20H,2,5,7-8H2,1,3H3,(H,21,22,23)/b6-4-,13-12-. The lowest BCUT2D eigenvalue weighted by atomic mass is 9.68. The predicted octanol–water partition coefficient (Wildman–Crippen LogP) is 1.01. The van der Waals surface area contributed by atoms with Crippen LogP contribution in [0.1, 0.15) is 49.3 Å². The van der Waals surface area contributed by atoms with Gasteiger partial charge in [-0.3, -0.25) is 14.9 Å². The van der Waals surface area contributed by atoms with Crippen molar-refractivity contribution >= 4 is 24.2 Å². The van der Waals surface area contributed by atoms with Gasteiger partial charge in [-0.1, -0.05) is 19.1 Å². The first kappa shape index (κ1) is 15.2. The Bertz CT molecular complexity index is 864. The molecule has 4 unspecified atom stereocenters. The van der Waals surface area contributed by atoms with Crippen LogP contribution in [0.25, 0.3) is 12.3 Å². The van der Waals surface area contributed by atoms with Crippen molar-refractivity contribution in [3.63, 3.8) is 0 Å². The zero-order valence-corrected chi connectivity index (χ0v) is 14.0. The van der Waals surface area contributed by atoms with Crippen LogP contribution in [0.15, 0.2) is 12.2 Å². The molecule has 1 aromatic heterocycles. The van der Waals surface area contributed by atoms with Gasteiger partial charge in [0.25, 0.3) is 0 Å². The van der Waals surface area contributed by atoms with Gasteiger partial charge in [-0.15, -0.1) is 0 Å². The SMILES string of the molecule is C=c1[nH]c2c(/c1=C(/C=C\C)OC)C1C(=O)NC(=O)C1C1CCCC21. The maximum atomic E-state index is 12.6. The molecule has 2 amide bonds. The number of imide groups is 1. The van der Waals surface area contributed by atoms with Crippen LogP contribution in [0.3, 0.4) is 0 Å². The molecule has 1 saturated carbocycles. The summed E-state index contributed by atoms with van der Waals surface area (Å²) in [4.78, 5) is 28.4. The number of nitrogens with one attached hydrogen (secondary N) is 2. The lowest BCUT2D eigenvalue weighted by molar-refractivity contribution is -0.126. The van der Waals surface area contributed by atoms with Crippen molar-refractivity contribution in [1.29, 1.82) is 0 Å². The van der Waals surface area contributed by atoms with Gasteiger partial charge in [-0.25, -0.2) is 0 Å². The number of H-pyrrole nitrogens is 1. The highest BCUT2D eigenvalue weighted by Crippen LogP contribution is 2.54. The second-order valence-corrected chi connectivity index (χ2v) is 6.93. The van der Waals surface area contributed by atoms with Gasteiger partial charge < -0.3 is 9.72 Å². The monoisotopic (exact) mass is 326 g/mol. The summed E-state index contributed by atoms with van der Waals surface area (Å²) in [5.41, 5.74) is 2.01. The van der Waals surface area contributed by atoms with Gasteiger partial charge in [-0.2, -0.15) is 0 Å². The molecule has 2 heterocycles. The van der Waals surface area contributed by atoms with Crippen molar-refractivity contribution in [2.45, 2.75) is 38.0 Å². The minimum atomic E-state index is -0.427. The largest absolute Gasteiger partial charge is 0.496 e. The summed E-state index contributed by atoms with van der Waals surface area (Å²) < 4.78 is 5.56. The molecule has 5 nitrogen and oxygen atoms in total. The minimum Gasteiger partial charge on any atom is -0.496 e. The third-order valence-electron chi connectivity index (χ3n) is 5.83. The molecule has 4 rings (SSSR count). The number of hydrogen-bond donors (Lipinski definition) is 2. The Labute approximate surface area is 140 Å². The van der Waals surface area contributed by atoms with E-state index in [1.165, 1.54) is 0 Å². The van der Waals surface area contributed by atoms with Gasteiger partial charge in [0.15, 0.2) is 0 Å². The molecule has 0 radical (unpaired) electrons. The van der Waals surface area contributed by atoms with Gasteiger partial charge in [0.05, 0.1) is 18.9 Å². The lowest BCUT2D eigenvalue weighted by Gasteiger charge is -2.33. The van der Waals surface area contributed by atoms with Gasteiger partial charge in [0.1, 0.15) is 5.76 Å². The van der Waals surface area contributed by atoms with Crippen LogP contribution in [-0.4, -0.2) is 23.9 Å². The molecule has 126 valence electrons. The lowest BCUT2D eigenvalue weighted by Crippen LogP contribution is -2.36. The molecule has 0 bridgehead atoms. The Morgan fingerprint density at radius 1 is 1.29 bits per heavy atom. The van der Waals surface area contributed by atoms with Crippen LogP contribution < -0.4 is 15.9 Å². The number of amides is 2. The van der Waals surface area contributed by atoms with Crippen LogP contribution in [-0.2, 0) is 14.3 Å². The number of fused-ring (bicyclic) bond motifs is 6. The second-order valence-electron chi connectivity index (χ2n) is 6.93. The van der Waals surface area contributed by atoms with E-state index in [1.54, 1.807) is 7.11 Å². The fourth-order valence-corrected chi connectivity index (χ4v) is 5.02. The molecule has 2 fully saturated rings. The minimum absolute atomic E-state index is 0.115. The van der Waals surface area contributed by atoms with Crippen LogP contribution >= 0.6 is 0 Å². The molecular weight excluding hydrogens is 304 g/mol. The molecule has 4 atom stereocenters. The normalized spacial score (nSPS) is 32.4. The summed E-state index contributed by atoms with van der Waals surface area (Å²) in [7, 11) is 1.62. The van der Waals surface area contributed by atoms with Crippen LogP contribution in [0.2, 0.25) is 0 Å². The first-order chi connectivity index (χ1) is 11.6. The van der Waals surface area contributed by atoms with Crippen molar-refractivity contribution in [3.8, 4) is 0 Å². The quantitative estimate of drug-likeness (QED) is 0.797. The highest BCUT2D eigenvalue weighted by Gasteiger charge is 2.55. The molecule has 1 saturated heterocycles. The van der Waals surface area contributed by atoms with Crippen molar-refractivity contribution in [3.05, 3.63) is 34.0 Å². The summed E-state index contributed by atoms with van der Waals surface area (Å²) in [6.07, 6.45) is 6.92. The first-order valence-corrected chi connectivity index (χ1v) is 8.54. The number of carbonyl (C=O) groups excluding carboxylic acids is 2. The summed E-state index contributed by atoms with van der Waals surface area (Å²) in [6.45, 7) is 6.06. The topological polar surface area (TPSA) is 71.2 Å². The molecule has 1 aliphatic heterocycles. The molecule has 1 aromatic rings. The molecule has 2 N–H and O–H groups in total. The fraction of sp³-hybridized carbons (Fsp3) is 0.474. The van der Waals surface area contributed by atoms with Crippen LogP contribution in [0.4, 0.5) is 0 Å². The number of rotatable bonds is 2. The van der Waals surface area contributed by atoms with E-state index in [0.29, 0.717) is 11.7 Å². The Kier molecular flexibility index (Phi) is 3.41. The van der Waals surface area contributed by atoms with E-state index in [9.17, 15) is 9.59 Å². The number of carbonyl (C=O) groups is 2. The van der Waals surface area contributed by atoms with E-state index in [4.69, 9.17) is 4.74 Å². The molecular formula is C19H22N2O3. The first-order valence-electron chi connectivity index (χ1n) is 8.54. The maximum absolute atomic E-state index is 12.6. The van der Waals surface area contributed by atoms with E-state index in [2.05, 4.69) is 16.9 Å². The number of hydrogen-bond acceptors (Lipinski definition) is 3. The number of allylic oxidation sites excluding steroid dienone is 1. The summed E-state index contributed by atoms with van der Waals surface area (Å²) in [5, 5.41) is 4.16. The van der Waals surface area contributed by atoms with E-state index >= 15 is 0 Å². The molecule has 0 spiro atoms. The Hall–Kier alpha value is -2.30. The average Bonchev–Trinajstić information content (AvgIpc) is 3.21. The second kappa shape index (κ2) is 5.36. The fourth-order valence-electron chi connectivity index (χ4n) is 5.02. The van der Waals surface area contributed by atoms with E-state index < -0.39 is 5.92 Å². The Balaban J connectivity index is 2.07. The van der Waals surface area contributed by atoms with Crippen LogP contribution in [0.5, 0.6) is 0 Å². The highest BCUT2D eigenvalue weighted by molar-refractivity contribution is 6.08. The van der Waals surface area contributed by atoms with E-state index in [0.717, 1.165) is 41.1 Å². The third kappa shape index (κ3) is 1.87. The van der Waals surface area contributed by atoms with E-state index in [-0.39, 0.29) is 23.7 Å². The predicted molar refractivity (Wildman–Crippen MR) is 90.3 cm³/mol. The zero-order valence-electron chi connectivity index (χ0n) is 14.0. The molecule has 0 aromatic carbocycles. The highest BCUT2D eigenvalue weighted by atomic mass is 16.5. The summed E-state index contributed by atoms with van der Waals surface area (Å²) >= 11 is 0. The van der Waals surface area contributed by atoms with Crippen molar-refractivity contribution in [2.75, 3.05) is 7.11 Å². The van der Waals surface area contributed by atoms with Crippen molar-refractivity contribution in [1.82, 2.24) is 10.3 Å². The van der Waals surface area contributed by atoms with Gasteiger partial charge in [0.2, 0.25) is 11.8 Å². The summed E-state index contributed by atoms with van der Waals surface area (Å²) in [5.74, 6) is 0.244. The van der Waals surface area contributed by atoms with Crippen LogP contribution in [0, 0.1) is 11.8 Å². The number of ether oxygens (including phenoxy) is 1.